The van der Waals surface area contributed by atoms with E-state index >= 15 is 0 Å². The average molecular weight is 248 g/mol. The molecule has 0 spiro atoms. The van der Waals surface area contributed by atoms with E-state index in [1.54, 1.807) is 14.2 Å². The maximum absolute atomic E-state index is 9.10. The van der Waals surface area contributed by atoms with Crippen LogP contribution in [0.3, 0.4) is 0 Å². The third kappa shape index (κ3) is 9.50. The minimum atomic E-state index is 0.183. The molecule has 5 nitrogen and oxygen atoms in total. The van der Waals surface area contributed by atoms with Crippen LogP contribution in [0.2, 0.25) is 0 Å². The van der Waals surface area contributed by atoms with Gasteiger partial charge in [0.05, 0.1) is 13.2 Å². The first-order chi connectivity index (χ1) is 8.28. The minimum Gasteiger partial charge on any atom is -0.395 e. The Morgan fingerprint density at radius 2 is 1.82 bits per heavy atom. The van der Waals surface area contributed by atoms with E-state index in [9.17, 15) is 0 Å². The molecule has 5 heteroatoms. The van der Waals surface area contributed by atoms with E-state index in [1.165, 1.54) is 0 Å². The third-order valence-corrected chi connectivity index (χ3v) is 2.86. The van der Waals surface area contributed by atoms with Crippen LogP contribution in [0.15, 0.2) is 0 Å². The zero-order chi connectivity index (χ0) is 12.9. The van der Waals surface area contributed by atoms with Crippen molar-refractivity contribution in [3.05, 3.63) is 0 Å². The number of hydrogen-bond acceptors (Lipinski definition) is 5. The SMILES string of the molecule is CNC(CO)CCN(CCCOC)CCOC. The number of nitrogens with one attached hydrogen (secondary N) is 1. The Bertz CT molecular complexity index is 155. The number of nitrogens with zero attached hydrogens (tertiary/aromatic N) is 1. The van der Waals surface area contributed by atoms with E-state index < -0.39 is 0 Å². The molecule has 0 aromatic heterocycles. The second-order valence-electron chi connectivity index (χ2n) is 4.14. The maximum Gasteiger partial charge on any atom is 0.0589 e. The first-order valence-electron chi connectivity index (χ1n) is 6.26. The molecule has 0 bridgehead atoms. The van der Waals surface area contributed by atoms with Crippen molar-refractivity contribution in [3.8, 4) is 0 Å². The summed E-state index contributed by atoms with van der Waals surface area (Å²) in [5, 5.41) is 12.2. The first-order valence-corrected chi connectivity index (χ1v) is 6.26. The second-order valence-corrected chi connectivity index (χ2v) is 4.14. The smallest absolute Gasteiger partial charge is 0.0589 e. The monoisotopic (exact) mass is 248 g/mol. The number of aliphatic hydroxyl groups excluding tert-OH is 1. The summed E-state index contributed by atoms with van der Waals surface area (Å²) >= 11 is 0. The largest absolute Gasteiger partial charge is 0.395 e. The molecule has 0 saturated carbocycles. The van der Waals surface area contributed by atoms with Crippen LogP contribution in [0.25, 0.3) is 0 Å². The molecule has 0 aromatic rings. The highest BCUT2D eigenvalue weighted by Gasteiger charge is 2.09. The predicted molar refractivity (Wildman–Crippen MR) is 69.4 cm³/mol. The lowest BCUT2D eigenvalue weighted by Gasteiger charge is -2.24. The summed E-state index contributed by atoms with van der Waals surface area (Å²) in [5.74, 6) is 0. The van der Waals surface area contributed by atoms with E-state index in [-0.39, 0.29) is 12.6 Å². The Kier molecular flexibility index (Phi) is 12.1. The number of rotatable bonds is 12. The van der Waals surface area contributed by atoms with Crippen molar-refractivity contribution in [1.82, 2.24) is 10.2 Å². The summed E-state index contributed by atoms with van der Waals surface area (Å²) in [7, 11) is 5.32. The quantitative estimate of drug-likeness (QED) is 0.474. The van der Waals surface area contributed by atoms with Gasteiger partial charge in [0.1, 0.15) is 0 Å². The molecule has 0 aliphatic rings. The van der Waals surface area contributed by atoms with Crippen molar-refractivity contribution in [3.63, 3.8) is 0 Å². The molecular formula is C12H28N2O3. The fourth-order valence-corrected chi connectivity index (χ4v) is 1.65. The summed E-state index contributed by atoms with van der Waals surface area (Å²) in [6.07, 6.45) is 1.98. The minimum absolute atomic E-state index is 0.183. The summed E-state index contributed by atoms with van der Waals surface area (Å²) in [6.45, 7) is 4.64. The van der Waals surface area contributed by atoms with Gasteiger partial charge in [0, 0.05) is 40.0 Å². The van der Waals surface area contributed by atoms with Crippen LogP contribution in [0.4, 0.5) is 0 Å². The van der Waals surface area contributed by atoms with Gasteiger partial charge in [-0.1, -0.05) is 0 Å². The maximum atomic E-state index is 9.10. The second kappa shape index (κ2) is 12.3. The van der Waals surface area contributed by atoms with Gasteiger partial charge in [0.2, 0.25) is 0 Å². The molecule has 0 rings (SSSR count). The number of methoxy groups -OCH3 is 2. The fraction of sp³-hybridized carbons (Fsp3) is 1.00. The Morgan fingerprint density at radius 3 is 2.35 bits per heavy atom. The Labute approximate surface area is 105 Å². The molecule has 104 valence electrons. The highest BCUT2D eigenvalue weighted by Crippen LogP contribution is 1.98. The van der Waals surface area contributed by atoms with Gasteiger partial charge in [-0.05, 0) is 26.4 Å². The molecule has 0 radical (unpaired) electrons. The normalized spacial score (nSPS) is 13.2. The van der Waals surface area contributed by atoms with Gasteiger partial charge < -0.3 is 24.8 Å². The highest BCUT2D eigenvalue weighted by molar-refractivity contribution is 4.67. The molecule has 0 aliphatic heterocycles. The van der Waals surface area contributed by atoms with Crippen LogP contribution in [-0.2, 0) is 9.47 Å². The zero-order valence-corrected chi connectivity index (χ0v) is 11.4. The summed E-state index contributed by atoms with van der Waals surface area (Å²) in [6, 6.07) is 0.183. The predicted octanol–water partition coefficient (Wildman–Crippen LogP) is -0.0583. The van der Waals surface area contributed by atoms with Crippen molar-refractivity contribution < 1.29 is 14.6 Å². The summed E-state index contributed by atoms with van der Waals surface area (Å²) in [5.41, 5.74) is 0. The van der Waals surface area contributed by atoms with Gasteiger partial charge in [-0.2, -0.15) is 0 Å². The molecule has 0 aliphatic carbocycles. The Hall–Kier alpha value is -0.200. The van der Waals surface area contributed by atoms with E-state index in [4.69, 9.17) is 14.6 Å². The van der Waals surface area contributed by atoms with Crippen LogP contribution >= 0.6 is 0 Å². The molecule has 0 heterocycles. The molecule has 0 saturated heterocycles. The molecular weight excluding hydrogens is 220 g/mol. The van der Waals surface area contributed by atoms with Crippen molar-refractivity contribution in [1.29, 1.82) is 0 Å². The van der Waals surface area contributed by atoms with Crippen molar-refractivity contribution in [2.24, 2.45) is 0 Å². The van der Waals surface area contributed by atoms with Gasteiger partial charge >= 0.3 is 0 Å². The van der Waals surface area contributed by atoms with Crippen LogP contribution in [0.5, 0.6) is 0 Å². The summed E-state index contributed by atoms with van der Waals surface area (Å²) < 4.78 is 10.2. The molecule has 17 heavy (non-hydrogen) atoms. The topological polar surface area (TPSA) is 54.0 Å². The van der Waals surface area contributed by atoms with Gasteiger partial charge in [0.15, 0.2) is 0 Å². The molecule has 0 aromatic carbocycles. The molecule has 0 amide bonds. The number of hydrogen-bond donors (Lipinski definition) is 2. The zero-order valence-electron chi connectivity index (χ0n) is 11.4. The summed E-state index contributed by atoms with van der Waals surface area (Å²) in [4.78, 5) is 2.35. The van der Waals surface area contributed by atoms with E-state index in [1.807, 2.05) is 7.05 Å². The molecule has 2 N–H and O–H groups in total. The van der Waals surface area contributed by atoms with E-state index in [0.717, 1.165) is 45.7 Å². The van der Waals surface area contributed by atoms with Gasteiger partial charge in [-0.3, -0.25) is 0 Å². The fourth-order valence-electron chi connectivity index (χ4n) is 1.65. The lowest BCUT2D eigenvalue weighted by atomic mass is 10.2. The van der Waals surface area contributed by atoms with Crippen LogP contribution in [0, 0.1) is 0 Å². The molecule has 1 unspecified atom stereocenters. The van der Waals surface area contributed by atoms with Crippen LogP contribution < -0.4 is 5.32 Å². The van der Waals surface area contributed by atoms with Crippen molar-refractivity contribution >= 4 is 0 Å². The Morgan fingerprint density at radius 1 is 1.12 bits per heavy atom. The Balaban J connectivity index is 3.82. The standard InChI is InChI=1S/C12H28N2O3/c1-13-12(11-15)5-7-14(8-10-17-3)6-4-9-16-2/h12-13,15H,4-11H2,1-3H3. The molecule has 0 fully saturated rings. The van der Waals surface area contributed by atoms with Crippen LogP contribution in [0.1, 0.15) is 12.8 Å². The lowest BCUT2D eigenvalue weighted by molar-refractivity contribution is 0.127. The highest BCUT2D eigenvalue weighted by atomic mass is 16.5. The van der Waals surface area contributed by atoms with Gasteiger partial charge in [0.25, 0.3) is 0 Å². The van der Waals surface area contributed by atoms with Crippen LogP contribution in [-0.4, -0.2) is 76.8 Å². The number of aliphatic hydroxyl groups is 1. The van der Waals surface area contributed by atoms with Gasteiger partial charge in [-0.15, -0.1) is 0 Å². The first kappa shape index (κ1) is 16.8. The average Bonchev–Trinajstić information content (AvgIpc) is 2.36. The third-order valence-electron chi connectivity index (χ3n) is 2.86. The lowest BCUT2D eigenvalue weighted by Crippen LogP contribution is -2.36. The number of likely N-dealkylation sites (N-methyl/N-ethyl adjacent to an activating group) is 1. The molecule has 1 atom stereocenters. The van der Waals surface area contributed by atoms with E-state index in [2.05, 4.69) is 10.2 Å². The number of ether oxygens (including phenoxy) is 2. The van der Waals surface area contributed by atoms with Crippen molar-refractivity contribution in [2.45, 2.75) is 18.9 Å². The van der Waals surface area contributed by atoms with Gasteiger partial charge in [-0.25, -0.2) is 0 Å². The van der Waals surface area contributed by atoms with Crippen molar-refractivity contribution in [2.75, 3.05) is 60.7 Å². The van der Waals surface area contributed by atoms with E-state index in [0.29, 0.717) is 0 Å².